The van der Waals surface area contributed by atoms with E-state index >= 15 is 0 Å². The van der Waals surface area contributed by atoms with Crippen LogP contribution in [0.25, 0.3) is 10.6 Å². The molecule has 16 heavy (non-hydrogen) atoms. The van der Waals surface area contributed by atoms with E-state index in [1.165, 1.54) is 10.4 Å². The minimum atomic E-state index is 0.290. The van der Waals surface area contributed by atoms with Crippen molar-refractivity contribution in [3.05, 3.63) is 34.1 Å². The van der Waals surface area contributed by atoms with Crippen LogP contribution in [0.2, 0.25) is 5.15 Å². The highest BCUT2D eigenvalue weighted by molar-refractivity contribution is 7.13. The lowest BCUT2D eigenvalue weighted by molar-refractivity contribution is 0.776. The Morgan fingerprint density at radius 1 is 1.31 bits per heavy atom. The fraction of sp³-hybridized carbons (Fsp3) is 0.333. The zero-order chi connectivity index (χ0) is 11.7. The number of hydrogen-bond acceptors (Lipinski definition) is 3. The predicted molar refractivity (Wildman–Crippen MR) is 69.2 cm³/mol. The standard InChI is InChI=1S/C12H13ClN2S/c1-7(2)12-14-9(6-10(13)15-12)11-8(3)4-5-16-11/h4-7H,1-3H3. The molecule has 0 saturated heterocycles. The van der Waals surface area contributed by atoms with Crippen molar-refractivity contribution in [2.24, 2.45) is 0 Å². The highest BCUT2D eigenvalue weighted by Crippen LogP contribution is 2.29. The van der Waals surface area contributed by atoms with Gasteiger partial charge in [0, 0.05) is 12.0 Å². The molecule has 2 aromatic rings. The van der Waals surface area contributed by atoms with Crippen LogP contribution in [0.4, 0.5) is 0 Å². The van der Waals surface area contributed by atoms with Crippen LogP contribution in [0.3, 0.4) is 0 Å². The van der Waals surface area contributed by atoms with Gasteiger partial charge in [0.05, 0.1) is 10.6 Å². The normalized spacial score (nSPS) is 11.1. The van der Waals surface area contributed by atoms with E-state index < -0.39 is 0 Å². The summed E-state index contributed by atoms with van der Waals surface area (Å²) in [6.45, 7) is 6.21. The molecule has 84 valence electrons. The van der Waals surface area contributed by atoms with Crippen LogP contribution >= 0.6 is 22.9 Å². The van der Waals surface area contributed by atoms with Crippen LogP contribution in [0.15, 0.2) is 17.5 Å². The third kappa shape index (κ3) is 2.25. The number of aromatic nitrogens is 2. The maximum absolute atomic E-state index is 6.02. The molecular weight excluding hydrogens is 240 g/mol. The molecule has 0 atom stereocenters. The van der Waals surface area contributed by atoms with E-state index in [1.54, 1.807) is 11.3 Å². The van der Waals surface area contributed by atoms with Crippen molar-refractivity contribution in [3.8, 4) is 10.6 Å². The second-order valence-electron chi connectivity index (χ2n) is 4.02. The molecule has 2 rings (SSSR count). The van der Waals surface area contributed by atoms with Crippen LogP contribution < -0.4 is 0 Å². The molecule has 2 nitrogen and oxygen atoms in total. The van der Waals surface area contributed by atoms with Crippen molar-refractivity contribution in [1.82, 2.24) is 9.97 Å². The van der Waals surface area contributed by atoms with E-state index in [2.05, 4.69) is 42.2 Å². The van der Waals surface area contributed by atoms with E-state index in [0.717, 1.165) is 11.5 Å². The first-order valence-corrected chi connectivity index (χ1v) is 6.42. The Bertz CT molecular complexity index is 505. The maximum Gasteiger partial charge on any atom is 0.133 e. The fourth-order valence-corrected chi connectivity index (χ4v) is 2.52. The van der Waals surface area contributed by atoms with Crippen molar-refractivity contribution in [3.63, 3.8) is 0 Å². The van der Waals surface area contributed by atoms with Gasteiger partial charge in [-0.25, -0.2) is 9.97 Å². The molecule has 0 aliphatic heterocycles. The molecule has 0 spiro atoms. The summed E-state index contributed by atoms with van der Waals surface area (Å²) >= 11 is 7.70. The molecule has 0 aliphatic rings. The first-order valence-electron chi connectivity index (χ1n) is 5.17. The van der Waals surface area contributed by atoms with Crippen molar-refractivity contribution in [1.29, 1.82) is 0 Å². The summed E-state index contributed by atoms with van der Waals surface area (Å²) in [5.41, 5.74) is 2.16. The predicted octanol–water partition coefficient (Wildman–Crippen LogP) is 4.29. The van der Waals surface area contributed by atoms with Gasteiger partial charge in [-0.05, 0) is 23.9 Å². The largest absolute Gasteiger partial charge is 0.232 e. The molecule has 0 unspecified atom stereocenters. The minimum Gasteiger partial charge on any atom is -0.232 e. The zero-order valence-corrected chi connectivity index (χ0v) is 11.1. The Kier molecular flexibility index (Phi) is 3.26. The summed E-state index contributed by atoms with van der Waals surface area (Å²) in [5, 5.41) is 2.58. The van der Waals surface area contributed by atoms with Crippen LogP contribution in [-0.2, 0) is 0 Å². The second-order valence-corrected chi connectivity index (χ2v) is 5.32. The Balaban J connectivity index is 2.54. The molecule has 0 N–H and O–H groups in total. The fourth-order valence-electron chi connectivity index (χ4n) is 1.44. The summed E-state index contributed by atoms with van der Waals surface area (Å²) in [5.74, 6) is 1.09. The Hall–Kier alpha value is -0.930. The number of aryl methyl sites for hydroxylation is 1. The third-order valence-electron chi connectivity index (χ3n) is 2.32. The number of rotatable bonds is 2. The van der Waals surface area contributed by atoms with Crippen LogP contribution in [0.5, 0.6) is 0 Å². The Morgan fingerprint density at radius 3 is 2.62 bits per heavy atom. The van der Waals surface area contributed by atoms with Gasteiger partial charge in [0.1, 0.15) is 11.0 Å². The lowest BCUT2D eigenvalue weighted by Crippen LogP contribution is -1.99. The highest BCUT2D eigenvalue weighted by Gasteiger charge is 2.10. The van der Waals surface area contributed by atoms with Gasteiger partial charge in [0.15, 0.2) is 0 Å². The Morgan fingerprint density at radius 2 is 2.06 bits per heavy atom. The lowest BCUT2D eigenvalue weighted by Gasteiger charge is -2.06. The van der Waals surface area contributed by atoms with Crippen molar-refractivity contribution in [2.75, 3.05) is 0 Å². The molecule has 4 heteroatoms. The smallest absolute Gasteiger partial charge is 0.133 e. The van der Waals surface area contributed by atoms with E-state index in [1.807, 2.05) is 6.07 Å². The summed E-state index contributed by atoms with van der Waals surface area (Å²) in [7, 11) is 0. The number of thiophene rings is 1. The van der Waals surface area contributed by atoms with Crippen LogP contribution in [0.1, 0.15) is 31.2 Å². The third-order valence-corrected chi connectivity index (χ3v) is 3.56. The van der Waals surface area contributed by atoms with Crippen molar-refractivity contribution < 1.29 is 0 Å². The minimum absolute atomic E-state index is 0.290. The lowest BCUT2D eigenvalue weighted by atomic mass is 10.2. The number of nitrogens with zero attached hydrogens (tertiary/aromatic N) is 2. The molecular formula is C12H13ClN2S. The van der Waals surface area contributed by atoms with Gasteiger partial charge in [-0.2, -0.15) is 0 Å². The first kappa shape index (κ1) is 11.6. The highest BCUT2D eigenvalue weighted by atomic mass is 35.5. The monoisotopic (exact) mass is 252 g/mol. The summed E-state index contributed by atoms with van der Waals surface area (Å²) in [4.78, 5) is 9.96. The summed E-state index contributed by atoms with van der Waals surface area (Å²) in [6.07, 6.45) is 0. The van der Waals surface area contributed by atoms with Gasteiger partial charge in [-0.3, -0.25) is 0 Å². The molecule has 2 aromatic heterocycles. The van der Waals surface area contributed by atoms with Crippen LogP contribution in [0, 0.1) is 6.92 Å². The van der Waals surface area contributed by atoms with Crippen LogP contribution in [-0.4, -0.2) is 9.97 Å². The Labute approximate surface area is 104 Å². The van der Waals surface area contributed by atoms with Gasteiger partial charge >= 0.3 is 0 Å². The van der Waals surface area contributed by atoms with Crippen molar-refractivity contribution in [2.45, 2.75) is 26.7 Å². The van der Waals surface area contributed by atoms with E-state index in [-0.39, 0.29) is 5.92 Å². The molecule has 0 fully saturated rings. The maximum atomic E-state index is 6.02. The van der Waals surface area contributed by atoms with Gasteiger partial charge in [0.2, 0.25) is 0 Å². The molecule has 0 saturated carbocycles. The molecule has 0 radical (unpaired) electrons. The molecule has 0 bridgehead atoms. The topological polar surface area (TPSA) is 25.8 Å². The zero-order valence-electron chi connectivity index (χ0n) is 9.49. The van der Waals surface area contributed by atoms with E-state index in [9.17, 15) is 0 Å². The average Bonchev–Trinajstić information content (AvgIpc) is 2.63. The summed E-state index contributed by atoms with van der Waals surface area (Å²) < 4.78 is 0. The average molecular weight is 253 g/mol. The van der Waals surface area contributed by atoms with Gasteiger partial charge in [-0.15, -0.1) is 11.3 Å². The second kappa shape index (κ2) is 4.52. The molecule has 0 aromatic carbocycles. The molecule has 2 heterocycles. The number of halogens is 1. The van der Waals surface area contributed by atoms with E-state index in [4.69, 9.17) is 11.6 Å². The van der Waals surface area contributed by atoms with Crippen molar-refractivity contribution >= 4 is 22.9 Å². The number of hydrogen-bond donors (Lipinski definition) is 0. The van der Waals surface area contributed by atoms with Gasteiger partial charge < -0.3 is 0 Å². The van der Waals surface area contributed by atoms with E-state index in [0.29, 0.717) is 5.15 Å². The first-order chi connectivity index (χ1) is 7.58. The quantitative estimate of drug-likeness (QED) is 0.745. The SMILES string of the molecule is Cc1ccsc1-c1cc(Cl)nc(C(C)C)n1. The molecule has 0 amide bonds. The summed E-state index contributed by atoms with van der Waals surface area (Å²) in [6, 6.07) is 3.91. The van der Waals surface area contributed by atoms with Gasteiger partial charge in [-0.1, -0.05) is 25.4 Å². The molecule has 0 aliphatic carbocycles. The van der Waals surface area contributed by atoms with Gasteiger partial charge in [0.25, 0.3) is 0 Å².